The third-order valence-electron chi connectivity index (χ3n) is 11.3. The molecule has 0 aromatic heterocycles. The van der Waals surface area contributed by atoms with Crippen molar-refractivity contribution in [3.8, 4) is 11.5 Å². The molecule has 12 heteroatoms. The fraction of sp³-hybridized carbons (Fsp3) is 0.370. The molecule has 12 nitrogen and oxygen atoms in total. The van der Waals surface area contributed by atoms with Crippen molar-refractivity contribution in [1.29, 1.82) is 0 Å². The summed E-state index contributed by atoms with van der Waals surface area (Å²) in [5.41, 5.74) is 2.40. The van der Waals surface area contributed by atoms with Crippen LogP contribution in [0.15, 0.2) is 109 Å². The van der Waals surface area contributed by atoms with Crippen molar-refractivity contribution in [3.63, 3.8) is 0 Å². The highest BCUT2D eigenvalue weighted by Gasteiger charge is 2.49. The first-order valence-electron chi connectivity index (χ1n) is 19.9. The van der Waals surface area contributed by atoms with Crippen molar-refractivity contribution < 1.29 is 38.6 Å². The van der Waals surface area contributed by atoms with Crippen molar-refractivity contribution in [1.82, 2.24) is 15.5 Å². The Kier molecular flexibility index (Phi) is 13.8. The second-order valence-electron chi connectivity index (χ2n) is 15.1. The minimum absolute atomic E-state index is 0.0239. The molecule has 0 radical (unpaired) electrons. The van der Waals surface area contributed by atoms with Crippen LogP contribution in [0.3, 0.4) is 0 Å². The molecule has 58 heavy (non-hydrogen) atoms. The van der Waals surface area contributed by atoms with E-state index in [4.69, 9.17) is 9.47 Å². The van der Waals surface area contributed by atoms with E-state index in [2.05, 4.69) is 10.6 Å². The zero-order chi connectivity index (χ0) is 41.1. The van der Waals surface area contributed by atoms with Gasteiger partial charge in [0.1, 0.15) is 29.7 Å². The number of hydrogen-bond acceptors (Lipinski definition) is 7. The zero-order valence-corrected chi connectivity index (χ0v) is 33.1. The molecule has 304 valence electrons. The molecule has 1 aliphatic carbocycles. The number of nitrogens with zero attached hydrogens (tertiary/aromatic N) is 2. The van der Waals surface area contributed by atoms with Gasteiger partial charge < -0.3 is 30.1 Å². The molecule has 3 atom stereocenters. The van der Waals surface area contributed by atoms with Gasteiger partial charge in [0.15, 0.2) is 6.61 Å². The van der Waals surface area contributed by atoms with Gasteiger partial charge in [-0.2, -0.15) is 0 Å². The van der Waals surface area contributed by atoms with Crippen LogP contribution in [0.1, 0.15) is 62.1 Å². The Balaban J connectivity index is 1.26. The summed E-state index contributed by atoms with van der Waals surface area (Å²) in [6.07, 6.45) is 4.10. The summed E-state index contributed by atoms with van der Waals surface area (Å²) in [5, 5.41) is 15.8. The average Bonchev–Trinajstić information content (AvgIpc) is 3.82. The lowest BCUT2D eigenvalue weighted by molar-refractivity contribution is -0.144. The van der Waals surface area contributed by atoms with Crippen LogP contribution in [0.4, 0.5) is 5.69 Å². The van der Waals surface area contributed by atoms with Crippen LogP contribution in [0, 0.1) is 5.41 Å². The largest absolute Gasteiger partial charge is 0.497 e. The normalized spacial score (nSPS) is 17.7. The quantitative estimate of drug-likeness (QED) is 0.116. The Labute approximate surface area is 339 Å². The van der Waals surface area contributed by atoms with E-state index >= 15 is 0 Å². The summed E-state index contributed by atoms with van der Waals surface area (Å²) in [5.74, 6) is -0.999. The Morgan fingerprint density at radius 1 is 0.828 bits per heavy atom. The molecule has 3 N–H and O–H groups in total. The zero-order valence-electron chi connectivity index (χ0n) is 33.1. The van der Waals surface area contributed by atoms with Gasteiger partial charge in [0.25, 0.3) is 11.8 Å². The van der Waals surface area contributed by atoms with Crippen molar-refractivity contribution >= 4 is 35.3 Å². The lowest BCUT2D eigenvalue weighted by Crippen LogP contribution is -2.49. The van der Waals surface area contributed by atoms with Gasteiger partial charge in [-0.15, -0.1) is 0 Å². The smallest absolute Gasteiger partial charge is 0.326 e. The van der Waals surface area contributed by atoms with Crippen molar-refractivity contribution in [2.24, 2.45) is 5.41 Å². The maximum atomic E-state index is 14.7. The molecule has 4 amide bonds. The molecular weight excluding hydrogens is 737 g/mol. The standard InChI is InChI=1S/C46H52N4O8/c1-32(51)47-28-27-46(25-9-10-26-46)45(56)48-39(44(54)55)29-34-15-20-36(21-16-34)49-41(24-19-33-11-5-3-6-12-33)50(42(52)31-58-38-13-7-4-8-14-38)40(43(49)53)30-35-17-22-37(57-2)23-18-35/h3-8,11-18,20-23,39-41H,9-10,19,24-31H2,1-2H3,(H,47,51)(H,48,56)(H,54,55)/t39?,40-,41?/m1/s1. The van der Waals surface area contributed by atoms with Gasteiger partial charge in [-0.3, -0.25) is 24.1 Å². The first-order valence-corrected chi connectivity index (χ1v) is 19.9. The summed E-state index contributed by atoms with van der Waals surface area (Å²) >= 11 is 0. The molecule has 2 aliphatic rings. The number of hydrogen-bond donors (Lipinski definition) is 3. The number of benzene rings is 4. The minimum atomic E-state index is -1.18. The Morgan fingerprint density at radius 2 is 1.47 bits per heavy atom. The molecule has 1 aliphatic heterocycles. The number of anilines is 1. The molecule has 1 heterocycles. The summed E-state index contributed by atoms with van der Waals surface area (Å²) in [6.45, 7) is 1.51. The van der Waals surface area contributed by atoms with Gasteiger partial charge in [0.2, 0.25) is 11.8 Å². The number of nitrogens with one attached hydrogen (secondary N) is 2. The highest BCUT2D eigenvalue weighted by atomic mass is 16.5. The van der Waals surface area contributed by atoms with Crippen LogP contribution in [0.25, 0.3) is 0 Å². The number of amides is 4. The van der Waals surface area contributed by atoms with E-state index < -0.39 is 29.6 Å². The second kappa shape index (κ2) is 19.3. The van der Waals surface area contributed by atoms with E-state index in [9.17, 15) is 29.1 Å². The molecule has 2 fully saturated rings. The minimum Gasteiger partial charge on any atom is -0.497 e. The average molecular weight is 789 g/mol. The second-order valence-corrected chi connectivity index (χ2v) is 15.1. The predicted molar refractivity (Wildman–Crippen MR) is 219 cm³/mol. The molecule has 2 unspecified atom stereocenters. The third-order valence-corrected chi connectivity index (χ3v) is 11.3. The van der Waals surface area contributed by atoms with Crippen molar-refractivity contribution in [2.45, 2.75) is 83.0 Å². The molecular formula is C46H52N4O8. The molecule has 1 saturated heterocycles. The van der Waals surface area contributed by atoms with Gasteiger partial charge >= 0.3 is 5.97 Å². The lowest BCUT2D eigenvalue weighted by Gasteiger charge is -2.32. The Bertz CT molecular complexity index is 2020. The molecule has 0 bridgehead atoms. The molecule has 0 spiro atoms. The van der Waals surface area contributed by atoms with Crippen molar-refractivity contribution in [2.75, 3.05) is 25.2 Å². The molecule has 4 aromatic carbocycles. The first-order chi connectivity index (χ1) is 28.1. The van der Waals surface area contributed by atoms with E-state index in [0.717, 1.165) is 24.0 Å². The number of carboxylic acid groups (broad SMARTS) is 1. The highest BCUT2D eigenvalue weighted by molar-refractivity contribution is 6.03. The number of aliphatic carboxylic acids is 1. The fourth-order valence-corrected chi connectivity index (χ4v) is 8.17. The maximum Gasteiger partial charge on any atom is 0.326 e. The lowest BCUT2D eigenvalue weighted by atomic mass is 9.81. The highest BCUT2D eigenvalue weighted by Crippen LogP contribution is 2.41. The van der Waals surface area contributed by atoms with E-state index in [1.807, 2.05) is 72.8 Å². The fourth-order valence-electron chi connectivity index (χ4n) is 8.17. The van der Waals surface area contributed by atoms with Gasteiger partial charge in [0.05, 0.1) is 12.5 Å². The molecule has 4 aromatic rings. The number of ether oxygens (including phenoxy) is 2. The third kappa shape index (κ3) is 10.2. The number of rotatable bonds is 18. The summed E-state index contributed by atoms with van der Waals surface area (Å²) in [4.78, 5) is 70.0. The van der Waals surface area contributed by atoms with Gasteiger partial charge in [0, 0.05) is 32.0 Å². The number of methoxy groups -OCH3 is 1. The first kappa shape index (κ1) is 41.5. The van der Waals surface area contributed by atoms with Crippen molar-refractivity contribution in [3.05, 3.63) is 126 Å². The predicted octanol–water partition coefficient (Wildman–Crippen LogP) is 5.72. The van der Waals surface area contributed by atoms with Gasteiger partial charge in [-0.05, 0) is 85.2 Å². The monoisotopic (exact) mass is 788 g/mol. The summed E-state index contributed by atoms with van der Waals surface area (Å²) in [6, 6.07) is 31.5. The molecule has 1 saturated carbocycles. The van der Waals surface area contributed by atoms with E-state index in [-0.39, 0.29) is 43.1 Å². The number of carboxylic acids is 1. The van der Waals surface area contributed by atoms with E-state index in [0.29, 0.717) is 61.4 Å². The maximum absolute atomic E-state index is 14.7. The van der Waals surface area contributed by atoms with Crippen LogP contribution in [0.5, 0.6) is 11.5 Å². The van der Waals surface area contributed by atoms with Crippen LogP contribution in [-0.2, 0) is 43.2 Å². The topological polar surface area (TPSA) is 155 Å². The number of carbonyl (C=O) groups excluding carboxylic acids is 4. The Morgan fingerprint density at radius 3 is 2.09 bits per heavy atom. The number of carbonyl (C=O) groups is 5. The Hall–Kier alpha value is -6.17. The number of aryl methyl sites for hydroxylation is 1. The van der Waals surface area contributed by atoms with Gasteiger partial charge in [-0.1, -0.05) is 85.6 Å². The van der Waals surface area contributed by atoms with Crippen LogP contribution in [0.2, 0.25) is 0 Å². The number of para-hydroxylation sites is 1. The van der Waals surface area contributed by atoms with E-state index in [1.54, 1.807) is 53.3 Å². The summed E-state index contributed by atoms with van der Waals surface area (Å²) < 4.78 is 11.3. The SMILES string of the molecule is COc1ccc(C[C@@H]2C(=O)N(c3ccc(CC(NC(=O)C4(CCNC(C)=O)CCCC4)C(=O)O)cc3)C(CCc3ccccc3)N2C(=O)COc2ccccc2)cc1. The van der Waals surface area contributed by atoms with Crippen LogP contribution >= 0.6 is 0 Å². The van der Waals surface area contributed by atoms with Crippen LogP contribution in [-0.4, -0.2) is 78.1 Å². The summed E-state index contributed by atoms with van der Waals surface area (Å²) in [7, 11) is 1.59. The van der Waals surface area contributed by atoms with Crippen LogP contribution < -0.4 is 25.0 Å². The van der Waals surface area contributed by atoms with Gasteiger partial charge in [-0.25, -0.2) is 4.79 Å². The molecule has 6 rings (SSSR count). The van der Waals surface area contributed by atoms with E-state index in [1.165, 1.54) is 6.92 Å².